The van der Waals surface area contributed by atoms with Crippen LogP contribution < -0.4 is 5.73 Å². The highest BCUT2D eigenvalue weighted by Gasteiger charge is 2.05. The molecule has 0 radical (unpaired) electrons. The standard InChI is InChI=1S/C5H11NOS/c1-2-3-4(8)5(6)7/h4,8H,2-3H2,1H3,(H2,6,7). The Kier molecular flexibility index (Phi) is 3.69. The number of carbonyl (C=O) groups excluding carboxylic acids is 1. The van der Waals surface area contributed by atoms with Crippen LogP contribution in [0.25, 0.3) is 0 Å². The molecule has 0 aliphatic heterocycles. The van der Waals surface area contributed by atoms with Crippen molar-refractivity contribution in [2.45, 2.75) is 25.0 Å². The number of hydrogen-bond donors (Lipinski definition) is 2. The first kappa shape index (κ1) is 7.82. The predicted molar refractivity (Wildman–Crippen MR) is 36.9 cm³/mol. The highest BCUT2D eigenvalue weighted by atomic mass is 32.1. The van der Waals surface area contributed by atoms with Crippen LogP contribution in [0.5, 0.6) is 0 Å². The smallest absolute Gasteiger partial charge is 0.230 e. The maximum atomic E-state index is 10.2. The fourth-order valence-corrected chi connectivity index (χ4v) is 0.674. The molecule has 3 heteroatoms. The molecule has 1 atom stereocenters. The summed E-state index contributed by atoms with van der Waals surface area (Å²) in [5.41, 5.74) is 4.91. The van der Waals surface area contributed by atoms with Crippen molar-refractivity contribution < 1.29 is 4.79 Å². The minimum Gasteiger partial charge on any atom is -0.369 e. The Morgan fingerprint density at radius 1 is 1.88 bits per heavy atom. The second-order valence-electron chi connectivity index (χ2n) is 1.71. The van der Waals surface area contributed by atoms with Gasteiger partial charge in [0.05, 0.1) is 5.25 Å². The van der Waals surface area contributed by atoms with Crippen molar-refractivity contribution in [2.24, 2.45) is 5.73 Å². The summed E-state index contributed by atoms with van der Waals surface area (Å²) in [6.45, 7) is 1.99. The van der Waals surface area contributed by atoms with Gasteiger partial charge in [0.2, 0.25) is 5.91 Å². The SMILES string of the molecule is CCCC(S)C(N)=O. The lowest BCUT2D eigenvalue weighted by molar-refractivity contribution is -0.117. The van der Waals surface area contributed by atoms with Crippen LogP contribution in [-0.2, 0) is 4.79 Å². The minimum absolute atomic E-state index is 0.250. The van der Waals surface area contributed by atoms with Crippen LogP contribution in [-0.4, -0.2) is 11.2 Å². The first-order chi connectivity index (χ1) is 3.68. The molecule has 48 valence electrons. The molecule has 0 aromatic heterocycles. The Balaban J connectivity index is 3.32. The van der Waals surface area contributed by atoms with Gasteiger partial charge in [-0.2, -0.15) is 12.6 Å². The van der Waals surface area contributed by atoms with E-state index in [9.17, 15) is 4.79 Å². The molecule has 0 aromatic rings. The summed E-state index contributed by atoms with van der Waals surface area (Å²) in [4.78, 5) is 10.2. The van der Waals surface area contributed by atoms with Gasteiger partial charge in [0, 0.05) is 0 Å². The molecular formula is C5H11NOS. The monoisotopic (exact) mass is 133 g/mol. The number of thiol groups is 1. The molecule has 0 bridgehead atoms. The molecule has 0 fully saturated rings. The van der Waals surface area contributed by atoms with Gasteiger partial charge in [-0.25, -0.2) is 0 Å². The van der Waals surface area contributed by atoms with E-state index >= 15 is 0 Å². The molecule has 2 N–H and O–H groups in total. The largest absolute Gasteiger partial charge is 0.369 e. The molecule has 0 aliphatic rings. The summed E-state index contributed by atoms with van der Waals surface area (Å²) in [5.74, 6) is -0.324. The van der Waals surface area contributed by atoms with Crippen molar-refractivity contribution in [3.8, 4) is 0 Å². The van der Waals surface area contributed by atoms with Gasteiger partial charge in [0.25, 0.3) is 0 Å². The normalized spacial score (nSPS) is 13.2. The third kappa shape index (κ3) is 2.91. The third-order valence-corrected chi connectivity index (χ3v) is 1.40. The number of hydrogen-bond acceptors (Lipinski definition) is 2. The molecule has 0 rings (SSSR count). The average Bonchev–Trinajstić information content (AvgIpc) is 1.67. The van der Waals surface area contributed by atoms with Gasteiger partial charge in [0.1, 0.15) is 0 Å². The summed E-state index contributed by atoms with van der Waals surface area (Å²) in [6.07, 6.45) is 1.73. The Bertz CT molecular complexity index is 84.5. The molecule has 0 heterocycles. The van der Waals surface area contributed by atoms with E-state index in [1.54, 1.807) is 0 Å². The van der Waals surface area contributed by atoms with E-state index in [0.29, 0.717) is 0 Å². The molecule has 0 aliphatic carbocycles. The van der Waals surface area contributed by atoms with E-state index in [0.717, 1.165) is 12.8 Å². The first-order valence-electron chi connectivity index (χ1n) is 2.66. The fraction of sp³-hybridized carbons (Fsp3) is 0.800. The van der Waals surface area contributed by atoms with Crippen LogP contribution in [0.3, 0.4) is 0 Å². The topological polar surface area (TPSA) is 43.1 Å². The van der Waals surface area contributed by atoms with Gasteiger partial charge in [-0.3, -0.25) is 4.79 Å². The zero-order valence-electron chi connectivity index (χ0n) is 4.92. The van der Waals surface area contributed by atoms with E-state index in [1.165, 1.54) is 0 Å². The molecule has 2 nitrogen and oxygen atoms in total. The summed E-state index contributed by atoms with van der Waals surface area (Å²) in [6, 6.07) is 0. The second kappa shape index (κ2) is 3.78. The molecule has 8 heavy (non-hydrogen) atoms. The van der Waals surface area contributed by atoms with Crippen molar-refractivity contribution in [2.75, 3.05) is 0 Å². The summed E-state index contributed by atoms with van der Waals surface area (Å²) in [5, 5.41) is -0.250. The third-order valence-electron chi connectivity index (χ3n) is 0.891. The molecule has 1 amide bonds. The van der Waals surface area contributed by atoms with Crippen LogP contribution in [0.15, 0.2) is 0 Å². The van der Waals surface area contributed by atoms with Gasteiger partial charge in [-0.05, 0) is 6.42 Å². The van der Waals surface area contributed by atoms with Crippen molar-refractivity contribution in [3.05, 3.63) is 0 Å². The zero-order valence-corrected chi connectivity index (χ0v) is 5.82. The molecule has 1 unspecified atom stereocenters. The number of primary amides is 1. The average molecular weight is 133 g/mol. The first-order valence-corrected chi connectivity index (χ1v) is 3.17. The number of rotatable bonds is 3. The number of nitrogens with two attached hydrogens (primary N) is 1. The van der Waals surface area contributed by atoms with Crippen LogP contribution in [0.1, 0.15) is 19.8 Å². The predicted octanol–water partition coefficient (Wildman–Crippen LogP) is 0.570. The Morgan fingerprint density at radius 3 is 2.50 bits per heavy atom. The summed E-state index contributed by atoms with van der Waals surface area (Å²) in [7, 11) is 0. The van der Waals surface area contributed by atoms with Crippen molar-refractivity contribution >= 4 is 18.5 Å². The molecule has 0 saturated heterocycles. The molecule has 0 spiro atoms. The molecular weight excluding hydrogens is 122 g/mol. The van der Waals surface area contributed by atoms with Gasteiger partial charge in [0.15, 0.2) is 0 Å². The van der Waals surface area contributed by atoms with Gasteiger partial charge >= 0.3 is 0 Å². The second-order valence-corrected chi connectivity index (χ2v) is 2.33. The fourth-order valence-electron chi connectivity index (χ4n) is 0.416. The van der Waals surface area contributed by atoms with E-state index in [2.05, 4.69) is 12.6 Å². The van der Waals surface area contributed by atoms with Crippen molar-refractivity contribution in [3.63, 3.8) is 0 Å². The summed E-state index contributed by atoms with van der Waals surface area (Å²) < 4.78 is 0. The van der Waals surface area contributed by atoms with Crippen LogP contribution >= 0.6 is 12.6 Å². The maximum absolute atomic E-state index is 10.2. The lowest BCUT2D eigenvalue weighted by Gasteiger charge is -2.00. The lowest BCUT2D eigenvalue weighted by Crippen LogP contribution is -2.23. The van der Waals surface area contributed by atoms with Gasteiger partial charge < -0.3 is 5.73 Å². The Hall–Kier alpha value is -0.180. The van der Waals surface area contributed by atoms with Gasteiger partial charge in [-0.15, -0.1) is 0 Å². The zero-order chi connectivity index (χ0) is 6.57. The van der Waals surface area contributed by atoms with Gasteiger partial charge in [-0.1, -0.05) is 13.3 Å². The lowest BCUT2D eigenvalue weighted by atomic mass is 10.2. The van der Waals surface area contributed by atoms with Crippen molar-refractivity contribution in [1.82, 2.24) is 0 Å². The van der Waals surface area contributed by atoms with Crippen molar-refractivity contribution in [1.29, 1.82) is 0 Å². The number of carbonyl (C=O) groups is 1. The van der Waals surface area contributed by atoms with Crippen LogP contribution in [0.4, 0.5) is 0 Å². The van der Waals surface area contributed by atoms with E-state index < -0.39 is 0 Å². The highest BCUT2D eigenvalue weighted by Crippen LogP contribution is 2.01. The Morgan fingerprint density at radius 2 is 2.38 bits per heavy atom. The van der Waals surface area contributed by atoms with E-state index in [-0.39, 0.29) is 11.2 Å². The highest BCUT2D eigenvalue weighted by molar-refractivity contribution is 7.81. The Labute approximate surface area is 54.9 Å². The quantitative estimate of drug-likeness (QED) is 0.543. The van der Waals surface area contributed by atoms with E-state index in [4.69, 9.17) is 5.73 Å². The van der Waals surface area contributed by atoms with E-state index in [1.807, 2.05) is 6.92 Å². The minimum atomic E-state index is -0.324. The summed E-state index contributed by atoms with van der Waals surface area (Å²) >= 11 is 3.93. The van der Waals surface area contributed by atoms with Crippen LogP contribution in [0.2, 0.25) is 0 Å². The molecule has 0 saturated carbocycles. The number of amides is 1. The maximum Gasteiger partial charge on any atom is 0.230 e. The van der Waals surface area contributed by atoms with Crippen LogP contribution in [0, 0.1) is 0 Å². The molecule has 0 aromatic carbocycles.